The van der Waals surface area contributed by atoms with Gasteiger partial charge in [-0.25, -0.2) is 8.42 Å². The molecule has 1 aromatic carbocycles. The molecule has 9 heteroatoms. The Bertz CT molecular complexity index is 762. The maximum absolute atomic E-state index is 12.6. The van der Waals surface area contributed by atoms with Crippen LogP contribution in [0.5, 0.6) is 0 Å². The zero-order chi connectivity index (χ0) is 17.4. The Kier molecular flexibility index (Phi) is 4.34. The molecule has 0 unspecified atom stereocenters. The van der Waals surface area contributed by atoms with Gasteiger partial charge in [-0.2, -0.15) is 0 Å². The number of nitrogens with zero attached hydrogens (tertiary/aromatic N) is 2. The third kappa shape index (κ3) is 3.29. The Hall–Kier alpha value is -2.16. The van der Waals surface area contributed by atoms with Crippen LogP contribution in [0.15, 0.2) is 18.2 Å². The Morgan fingerprint density at radius 3 is 2.57 bits per heavy atom. The smallest absolute Gasteiger partial charge is 0.293 e. The van der Waals surface area contributed by atoms with Crippen molar-refractivity contribution in [3.63, 3.8) is 0 Å². The van der Waals surface area contributed by atoms with Gasteiger partial charge in [-0.15, -0.1) is 0 Å². The predicted molar refractivity (Wildman–Crippen MR) is 86.4 cm³/mol. The number of benzene rings is 1. The zero-order valence-electron chi connectivity index (χ0n) is 13.2. The third-order valence-electron chi connectivity index (χ3n) is 4.31. The first-order valence-corrected chi connectivity index (χ1v) is 8.86. The molecule has 1 atom stereocenters. The van der Waals surface area contributed by atoms with E-state index in [2.05, 4.69) is 5.32 Å². The minimum absolute atomic E-state index is 0.0416. The zero-order valence-corrected chi connectivity index (χ0v) is 14.0. The normalized spacial score (nSPS) is 22.6. The number of carbonyl (C=O) groups is 1. The average Bonchev–Trinajstić information content (AvgIpc) is 2.79. The topological polar surface area (TPSA) is 110 Å². The number of carbonyl (C=O) groups excluding carboxylic acids is 1. The van der Waals surface area contributed by atoms with Crippen LogP contribution in [0, 0.1) is 10.1 Å². The second kappa shape index (κ2) is 5.80. The SMILES string of the molecule is CNc1ccc(C(=O)N(C)[C@@]2(C)CCS(=O)(=O)C2)cc1[N+](=O)[O-]. The van der Waals surface area contributed by atoms with E-state index in [0.717, 1.165) is 0 Å². The van der Waals surface area contributed by atoms with Crippen LogP contribution in [-0.4, -0.2) is 55.3 Å². The average molecular weight is 341 g/mol. The van der Waals surface area contributed by atoms with Crippen LogP contribution < -0.4 is 5.32 Å². The second-order valence-corrected chi connectivity index (χ2v) is 8.13. The van der Waals surface area contributed by atoms with Crippen molar-refractivity contribution in [2.45, 2.75) is 18.9 Å². The molecule has 2 rings (SSSR count). The number of nitro groups is 1. The maximum Gasteiger partial charge on any atom is 0.293 e. The van der Waals surface area contributed by atoms with E-state index in [-0.39, 0.29) is 22.8 Å². The van der Waals surface area contributed by atoms with E-state index in [9.17, 15) is 23.3 Å². The van der Waals surface area contributed by atoms with Gasteiger partial charge in [0.1, 0.15) is 5.69 Å². The van der Waals surface area contributed by atoms with Crippen molar-refractivity contribution in [2.24, 2.45) is 0 Å². The van der Waals surface area contributed by atoms with Gasteiger partial charge in [0.2, 0.25) is 0 Å². The molecule has 1 saturated heterocycles. The Labute approximate surface area is 134 Å². The van der Waals surface area contributed by atoms with Crippen molar-refractivity contribution >= 4 is 27.1 Å². The molecule has 23 heavy (non-hydrogen) atoms. The van der Waals surface area contributed by atoms with Crippen LogP contribution in [0.25, 0.3) is 0 Å². The summed E-state index contributed by atoms with van der Waals surface area (Å²) in [5, 5.41) is 13.8. The maximum atomic E-state index is 12.6. The summed E-state index contributed by atoms with van der Waals surface area (Å²) in [5.41, 5.74) is -0.532. The number of nitrogens with one attached hydrogen (secondary N) is 1. The van der Waals surface area contributed by atoms with Gasteiger partial charge in [0.15, 0.2) is 9.84 Å². The minimum Gasteiger partial charge on any atom is -0.383 e. The molecule has 126 valence electrons. The van der Waals surface area contributed by atoms with E-state index in [1.54, 1.807) is 14.0 Å². The van der Waals surface area contributed by atoms with E-state index in [4.69, 9.17) is 0 Å². The number of anilines is 1. The lowest BCUT2D eigenvalue weighted by molar-refractivity contribution is -0.384. The quantitative estimate of drug-likeness (QED) is 0.653. The first-order valence-electron chi connectivity index (χ1n) is 7.04. The molecular formula is C14H19N3O5S. The first-order chi connectivity index (χ1) is 10.6. The molecule has 0 aromatic heterocycles. The highest BCUT2D eigenvalue weighted by atomic mass is 32.2. The molecule has 1 heterocycles. The van der Waals surface area contributed by atoms with E-state index < -0.39 is 26.2 Å². The number of rotatable bonds is 4. The highest BCUT2D eigenvalue weighted by Gasteiger charge is 2.43. The molecule has 1 aromatic rings. The van der Waals surface area contributed by atoms with Gasteiger partial charge in [-0.1, -0.05) is 0 Å². The summed E-state index contributed by atoms with van der Waals surface area (Å²) >= 11 is 0. The summed E-state index contributed by atoms with van der Waals surface area (Å²) < 4.78 is 23.4. The summed E-state index contributed by atoms with van der Waals surface area (Å²) in [5.74, 6) is -0.492. The lowest BCUT2D eigenvalue weighted by atomic mass is 9.98. The summed E-state index contributed by atoms with van der Waals surface area (Å²) in [6.45, 7) is 1.71. The van der Waals surface area contributed by atoms with Gasteiger partial charge in [0.05, 0.1) is 22.0 Å². The lowest BCUT2D eigenvalue weighted by Crippen LogP contribution is -2.48. The molecule has 1 N–H and O–H groups in total. The number of amides is 1. The molecule has 0 spiro atoms. The molecule has 0 bridgehead atoms. The monoisotopic (exact) mass is 341 g/mol. The molecule has 1 aliphatic rings. The number of nitro benzene ring substituents is 1. The van der Waals surface area contributed by atoms with Crippen molar-refractivity contribution in [3.05, 3.63) is 33.9 Å². The van der Waals surface area contributed by atoms with Crippen LogP contribution in [-0.2, 0) is 9.84 Å². The van der Waals surface area contributed by atoms with Crippen molar-refractivity contribution < 1.29 is 18.1 Å². The van der Waals surface area contributed by atoms with E-state index in [0.29, 0.717) is 12.1 Å². The number of sulfone groups is 1. The van der Waals surface area contributed by atoms with E-state index in [1.807, 2.05) is 0 Å². The fraction of sp³-hybridized carbons (Fsp3) is 0.500. The number of hydrogen-bond donors (Lipinski definition) is 1. The van der Waals surface area contributed by atoms with Gasteiger partial charge in [-0.05, 0) is 25.5 Å². The third-order valence-corrected chi connectivity index (χ3v) is 6.20. The molecule has 1 amide bonds. The highest BCUT2D eigenvalue weighted by Crippen LogP contribution is 2.31. The molecule has 0 aliphatic carbocycles. The fourth-order valence-electron chi connectivity index (χ4n) is 2.72. The van der Waals surface area contributed by atoms with Gasteiger partial charge in [-0.3, -0.25) is 14.9 Å². The molecule has 1 fully saturated rings. The molecule has 8 nitrogen and oxygen atoms in total. The Morgan fingerprint density at radius 1 is 1.43 bits per heavy atom. The summed E-state index contributed by atoms with van der Waals surface area (Å²) in [4.78, 5) is 24.5. The van der Waals surface area contributed by atoms with E-state index >= 15 is 0 Å². The van der Waals surface area contributed by atoms with Crippen molar-refractivity contribution in [1.82, 2.24) is 4.90 Å². The molecule has 0 radical (unpaired) electrons. The van der Waals surface area contributed by atoms with Crippen molar-refractivity contribution in [3.8, 4) is 0 Å². The summed E-state index contributed by atoms with van der Waals surface area (Å²) in [7, 11) is -0.0743. The summed E-state index contributed by atoms with van der Waals surface area (Å²) in [6, 6.07) is 4.16. The van der Waals surface area contributed by atoms with Crippen LogP contribution in [0.3, 0.4) is 0 Å². The van der Waals surface area contributed by atoms with Gasteiger partial charge in [0, 0.05) is 25.7 Å². The minimum atomic E-state index is -3.16. The second-order valence-electron chi connectivity index (χ2n) is 5.94. The highest BCUT2D eigenvalue weighted by molar-refractivity contribution is 7.91. The largest absolute Gasteiger partial charge is 0.383 e. The number of hydrogen-bond acceptors (Lipinski definition) is 6. The predicted octanol–water partition coefficient (Wildman–Crippen LogP) is 1.29. The fourth-order valence-corrected chi connectivity index (χ4v) is 4.90. The van der Waals surface area contributed by atoms with Crippen LogP contribution >= 0.6 is 0 Å². The van der Waals surface area contributed by atoms with E-state index in [1.165, 1.54) is 30.1 Å². The Balaban J connectivity index is 2.34. The van der Waals surface area contributed by atoms with Gasteiger partial charge >= 0.3 is 0 Å². The lowest BCUT2D eigenvalue weighted by Gasteiger charge is -2.34. The van der Waals surface area contributed by atoms with Crippen LogP contribution in [0.4, 0.5) is 11.4 Å². The standard InChI is InChI=1S/C14H19N3O5S/c1-14(6-7-23(21,22)9-14)16(3)13(18)10-4-5-11(15-2)12(8-10)17(19)20/h4-5,8,15H,6-7,9H2,1-3H3/t14-/m0/s1. The molecular weight excluding hydrogens is 322 g/mol. The van der Waals surface area contributed by atoms with Crippen LogP contribution in [0.1, 0.15) is 23.7 Å². The van der Waals surface area contributed by atoms with Gasteiger partial charge < -0.3 is 10.2 Å². The van der Waals surface area contributed by atoms with Crippen LogP contribution in [0.2, 0.25) is 0 Å². The van der Waals surface area contributed by atoms with Gasteiger partial charge in [0.25, 0.3) is 11.6 Å². The molecule has 1 aliphatic heterocycles. The Morgan fingerprint density at radius 2 is 2.09 bits per heavy atom. The molecule has 0 saturated carbocycles. The first kappa shape index (κ1) is 17.2. The van der Waals surface area contributed by atoms with Crippen molar-refractivity contribution in [2.75, 3.05) is 30.9 Å². The van der Waals surface area contributed by atoms with Crippen molar-refractivity contribution in [1.29, 1.82) is 0 Å². The summed E-state index contributed by atoms with van der Waals surface area (Å²) in [6.07, 6.45) is 0.355.